The van der Waals surface area contributed by atoms with E-state index in [2.05, 4.69) is 5.32 Å². The maximum absolute atomic E-state index is 11.2. The van der Waals surface area contributed by atoms with E-state index in [0.29, 0.717) is 6.42 Å². The SMILES string of the molecule is CCCC[C@H](C=O)NC(=O)[C@H](N)CN. The van der Waals surface area contributed by atoms with E-state index in [1.165, 1.54) is 0 Å². The lowest BCUT2D eigenvalue weighted by atomic mass is 10.1. The molecular weight excluding hydrogens is 182 g/mol. The number of unbranched alkanes of at least 4 members (excludes halogenated alkanes) is 1. The molecule has 0 bridgehead atoms. The first kappa shape index (κ1) is 13.1. The second kappa shape index (κ2) is 7.46. The zero-order valence-electron chi connectivity index (χ0n) is 8.53. The van der Waals surface area contributed by atoms with E-state index < -0.39 is 12.1 Å². The molecule has 0 aliphatic rings. The Bertz CT molecular complexity index is 185. The number of nitrogens with one attached hydrogen (secondary N) is 1. The number of aldehydes is 1. The van der Waals surface area contributed by atoms with Crippen molar-refractivity contribution in [1.29, 1.82) is 0 Å². The largest absolute Gasteiger partial charge is 0.345 e. The molecule has 5 N–H and O–H groups in total. The molecule has 2 atom stereocenters. The van der Waals surface area contributed by atoms with Crippen LogP contribution in [-0.2, 0) is 9.59 Å². The first-order valence-corrected chi connectivity index (χ1v) is 4.87. The lowest BCUT2D eigenvalue weighted by Crippen LogP contribution is -2.49. The van der Waals surface area contributed by atoms with E-state index in [9.17, 15) is 9.59 Å². The molecule has 0 aliphatic heterocycles. The van der Waals surface area contributed by atoms with Gasteiger partial charge in [-0.3, -0.25) is 4.79 Å². The fourth-order valence-electron chi connectivity index (χ4n) is 0.995. The van der Waals surface area contributed by atoms with Crippen molar-refractivity contribution in [3.63, 3.8) is 0 Å². The van der Waals surface area contributed by atoms with Gasteiger partial charge in [0.05, 0.1) is 12.1 Å². The predicted molar refractivity (Wildman–Crippen MR) is 54.5 cm³/mol. The van der Waals surface area contributed by atoms with Crippen LogP contribution in [0.15, 0.2) is 0 Å². The molecule has 0 saturated carbocycles. The number of hydrogen-bond donors (Lipinski definition) is 3. The van der Waals surface area contributed by atoms with Gasteiger partial charge in [-0.1, -0.05) is 19.8 Å². The Morgan fingerprint density at radius 3 is 2.64 bits per heavy atom. The highest BCUT2D eigenvalue weighted by Crippen LogP contribution is 1.98. The Labute approximate surface area is 84.2 Å². The fourth-order valence-corrected chi connectivity index (χ4v) is 0.995. The standard InChI is InChI=1S/C9H19N3O2/c1-2-3-4-7(6-13)12-9(14)8(11)5-10/h6-8H,2-5,10-11H2,1H3,(H,12,14)/t7-,8-/m1/s1. The minimum Gasteiger partial charge on any atom is -0.345 e. The summed E-state index contributed by atoms with van der Waals surface area (Å²) in [7, 11) is 0. The zero-order valence-corrected chi connectivity index (χ0v) is 8.53. The van der Waals surface area contributed by atoms with Crippen molar-refractivity contribution < 1.29 is 9.59 Å². The predicted octanol–water partition coefficient (Wildman–Crippen LogP) is -0.854. The summed E-state index contributed by atoms with van der Waals surface area (Å²) in [4.78, 5) is 21.8. The van der Waals surface area contributed by atoms with Gasteiger partial charge < -0.3 is 21.6 Å². The van der Waals surface area contributed by atoms with Gasteiger partial charge in [0.25, 0.3) is 0 Å². The van der Waals surface area contributed by atoms with Crippen LogP contribution in [0, 0.1) is 0 Å². The Kier molecular flexibility index (Phi) is 6.96. The summed E-state index contributed by atoms with van der Waals surface area (Å²) < 4.78 is 0. The van der Waals surface area contributed by atoms with E-state index >= 15 is 0 Å². The number of amides is 1. The first-order chi connectivity index (χ1) is 6.65. The lowest BCUT2D eigenvalue weighted by molar-refractivity contribution is -0.125. The second-order valence-electron chi connectivity index (χ2n) is 3.24. The Hall–Kier alpha value is -0.940. The van der Waals surface area contributed by atoms with Crippen LogP contribution < -0.4 is 16.8 Å². The van der Waals surface area contributed by atoms with Crippen LogP contribution in [-0.4, -0.2) is 30.8 Å². The van der Waals surface area contributed by atoms with Crippen molar-refractivity contribution in [1.82, 2.24) is 5.32 Å². The summed E-state index contributed by atoms with van der Waals surface area (Å²) in [6, 6.07) is -1.15. The van der Waals surface area contributed by atoms with Gasteiger partial charge in [0.2, 0.25) is 5.91 Å². The topological polar surface area (TPSA) is 98.2 Å². The molecule has 0 spiro atoms. The number of carbonyl (C=O) groups excluding carboxylic acids is 2. The molecule has 82 valence electrons. The Balaban J connectivity index is 3.91. The van der Waals surface area contributed by atoms with Gasteiger partial charge >= 0.3 is 0 Å². The van der Waals surface area contributed by atoms with Crippen LogP contribution in [0.5, 0.6) is 0 Å². The Morgan fingerprint density at radius 2 is 2.21 bits per heavy atom. The van der Waals surface area contributed by atoms with E-state index in [4.69, 9.17) is 11.5 Å². The van der Waals surface area contributed by atoms with Crippen molar-refractivity contribution in [2.45, 2.75) is 38.3 Å². The minimum atomic E-state index is -0.723. The molecule has 0 fully saturated rings. The monoisotopic (exact) mass is 201 g/mol. The molecule has 0 unspecified atom stereocenters. The van der Waals surface area contributed by atoms with Gasteiger partial charge in [0, 0.05) is 6.54 Å². The molecule has 0 saturated heterocycles. The van der Waals surface area contributed by atoms with Crippen LogP contribution in [0.1, 0.15) is 26.2 Å². The number of nitrogens with two attached hydrogens (primary N) is 2. The van der Waals surface area contributed by atoms with E-state index in [1.807, 2.05) is 6.92 Å². The minimum absolute atomic E-state index is 0.0885. The van der Waals surface area contributed by atoms with E-state index in [-0.39, 0.29) is 12.5 Å². The van der Waals surface area contributed by atoms with E-state index in [1.54, 1.807) is 0 Å². The highest BCUT2D eigenvalue weighted by Gasteiger charge is 2.15. The summed E-state index contributed by atoms with van der Waals surface area (Å²) in [5.74, 6) is -0.360. The summed E-state index contributed by atoms with van der Waals surface area (Å²) in [5.41, 5.74) is 10.6. The van der Waals surface area contributed by atoms with Gasteiger partial charge in [0.1, 0.15) is 6.29 Å². The maximum atomic E-state index is 11.2. The average molecular weight is 201 g/mol. The summed E-state index contributed by atoms with van der Waals surface area (Å²) >= 11 is 0. The van der Waals surface area contributed by atoms with E-state index in [0.717, 1.165) is 19.1 Å². The van der Waals surface area contributed by atoms with Gasteiger partial charge in [-0.25, -0.2) is 0 Å². The molecule has 0 rings (SSSR count). The van der Waals surface area contributed by atoms with Crippen molar-refractivity contribution in [3.8, 4) is 0 Å². The van der Waals surface area contributed by atoms with Gasteiger partial charge in [-0.15, -0.1) is 0 Å². The lowest BCUT2D eigenvalue weighted by Gasteiger charge is -2.15. The second-order valence-corrected chi connectivity index (χ2v) is 3.24. The van der Waals surface area contributed by atoms with Crippen molar-refractivity contribution in [3.05, 3.63) is 0 Å². The van der Waals surface area contributed by atoms with Crippen molar-refractivity contribution >= 4 is 12.2 Å². The van der Waals surface area contributed by atoms with Crippen LogP contribution >= 0.6 is 0 Å². The summed E-state index contributed by atoms with van der Waals surface area (Å²) in [6.07, 6.45) is 3.28. The third-order valence-electron chi connectivity index (χ3n) is 1.95. The molecule has 14 heavy (non-hydrogen) atoms. The molecule has 0 aromatic carbocycles. The van der Waals surface area contributed by atoms with Crippen molar-refractivity contribution in [2.24, 2.45) is 11.5 Å². The quantitative estimate of drug-likeness (QED) is 0.467. The normalized spacial score (nSPS) is 14.5. The van der Waals surface area contributed by atoms with Gasteiger partial charge in [-0.05, 0) is 6.42 Å². The van der Waals surface area contributed by atoms with Gasteiger partial charge in [0.15, 0.2) is 0 Å². The molecule has 0 heterocycles. The highest BCUT2D eigenvalue weighted by molar-refractivity contribution is 5.84. The fraction of sp³-hybridized carbons (Fsp3) is 0.778. The smallest absolute Gasteiger partial charge is 0.238 e. The zero-order chi connectivity index (χ0) is 11.0. The Morgan fingerprint density at radius 1 is 1.57 bits per heavy atom. The van der Waals surface area contributed by atoms with Crippen LogP contribution in [0.3, 0.4) is 0 Å². The third kappa shape index (κ3) is 4.94. The highest BCUT2D eigenvalue weighted by atomic mass is 16.2. The number of rotatable bonds is 7. The first-order valence-electron chi connectivity index (χ1n) is 4.87. The molecule has 0 radical (unpaired) electrons. The third-order valence-corrected chi connectivity index (χ3v) is 1.95. The molecule has 0 aromatic rings. The van der Waals surface area contributed by atoms with Crippen LogP contribution in [0.2, 0.25) is 0 Å². The van der Waals surface area contributed by atoms with Crippen molar-refractivity contribution in [2.75, 3.05) is 6.54 Å². The van der Waals surface area contributed by atoms with Crippen LogP contribution in [0.25, 0.3) is 0 Å². The molecule has 5 heteroatoms. The molecule has 0 aromatic heterocycles. The summed E-state index contributed by atoms with van der Waals surface area (Å²) in [5, 5.41) is 2.54. The number of hydrogen-bond acceptors (Lipinski definition) is 4. The molecule has 5 nitrogen and oxygen atoms in total. The molecule has 1 amide bonds. The number of carbonyl (C=O) groups is 2. The maximum Gasteiger partial charge on any atom is 0.238 e. The average Bonchev–Trinajstić information content (AvgIpc) is 2.22. The summed E-state index contributed by atoms with van der Waals surface area (Å²) in [6.45, 7) is 2.11. The molecule has 0 aliphatic carbocycles. The van der Waals surface area contributed by atoms with Crippen LogP contribution in [0.4, 0.5) is 0 Å². The molecular formula is C9H19N3O2. The van der Waals surface area contributed by atoms with Gasteiger partial charge in [-0.2, -0.15) is 0 Å².